The largest absolute Gasteiger partial charge is 0.507 e. The monoisotopic (exact) mass is 457 g/mol. The molecule has 3 aromatic carbocycles. The Balaban J connectivity index is 1.92. The van der Waals surface area contributed by atoms with Crippen LogP contribution in [0.5, 0.6) is 11.5 Å². The zero-order valence-electron chi connectivity index (χ0n) is 19.7. The molecule has 1 aliphatic heterocycles. The second-order valence-corrected chi connectivity index (χ2v) is 8.31. The molecule has 4 rings (SSSR count). The summed E-state index contributed by atoms with van der Waals surface area (Å²) in [4.78, 5) is 28.1. The van der Waals surface area contributed by atoms with Gasteiger partial charge in [0.1, 0.15) is 17.3 Å². The molecular formula is C28H27NO5. The molecule has 0 spiro atoms. The van der Waals surface area contributed by atoms with E-state index in [1.807, 2.05) is 74.5 Å². The fourth-order valence-corrected chi connectivity index (χ4v) is 4.59. The standard InChI is InChI=1S/C28H27NO5/c1-17-14-18(2)27(34-4)21(15-17)25(30)23-24(19-10-6-5-7-11-19)29(28(32)26(23)31)16-20-12-8-9-13-22(20)33-3/h5-15,24,30H,16H2,1-4H3/b25-23+. The zero-order chi connectivity index (χ0) is 24.4. The fourth-order valence-electron chi connectivity index (χ4n) is 4.59. The molecule has 0 radical (unpaired) electrons. The molecule has 3 aromatic rings. The summed E-state index contributed by atoms with van der Waals surface area (Å²) < 4.78 is 11.0. The number of hydrogen-bond acceptors (Lipinski definition) is 5. The first-order valence-electron chi connectivity index (χ1n) is 11.0. The minimum absolute atomic E-state index is 0.0365. The Kier molecular flexibility index (Phi) is 6.41. The molecule has 1 heterocycles. The van der Waals surface area contributed by atoms with Gasteiger partial charge in [0, 0.05) is 5.56 Å². The lowest BCUT2D eigenvalue weighted by molar-refractivity contribution is -0.140. The molecule has 1 unspecified atom stereocenters. The summed E-state index contributed by atoms with van der Waals surface area (Å²) in [5.41, 5.74) is 3.63. The highest BCUT2D eigenvalue weighted by Gasteiger charge is 2.46. The quantitative estimate of drug-likeness (QED) is 0.322. The van der Waals surface area contributed by atoms with Gasteiger partial charge < -0.3 is 19.5 Å². The number of ether oxygens (including phenoxy) is 2. The zero-order valence-corrected chi connectivity index (χ0v) is 19.7. The van der Waals surface area contributed by atoms with Crippen molar-refractivity contribution in [1.82, 2.24) is 4.90 Å². The van der Waals surface area contributed by atoms with Crippen LogP contribution in [0.4, 0.5) is 0 Å². The third-order valence-electron chi connectivity index (χ3n) is 6.07. The van der Waals surface area contributed by atoms with Gasteiger partial charge in [-0.05, 0) is 42.7 Å². The van der Waals surface area contributed by atoms with Crippen molar-refractivity contribution in [2.24, 2.45) is 0 Å². The Hall–Kier alpha value is -4.06. The number of likely N-dealkylation sites (tertiary alicyclic amines) is 1. The molecule has 1 amide bonds. The van der Waals surface area contributed by atoms with Gasteiger partial charge in [-0.2, -0.15) is 0 Å². The van der Waals surface area contributed by atoms with Gasteiger partial charge in [0.2, 0.25) is 0 Å². The molecule has 1 fully saturated rings. The number of Topliss-reactive ketones (excluding diaryl/α,β-unsaturated/α-hetero) is 1. The first kappa shape index (κ1) is 23.1. The molecule has 174 valence electrons. The molecular weight excluding hydrogens is 430 g/mol. The summed E-state index contributed by atoms with van der Waals surface area (Å²) in [6, 6.07) is 19.5. The summed E-state index contributed by atoms with van der Waals surface area (Å²) in [7, 11) is 3.08. The number of para-hydroxylation sites is 1. The number of aryl methyl sites for hydroxylation is 2. The van der Waals surface area contributed by atoms with Gasteiger partial charge in [-0.3, -0.25) is 9.59 Å². The second-order valence-electron chi connectivity index (χ2n) is 8.31. The van der Waals surface area contributed by atoms with E-state index in [0.29, 0.717) is 17.1 Å². The molecule has 0 aromatic heterocycles. The molecule has 6 heteroatoms. The van der Waals surface area contributed by atoms with Crippen LogP contribution in [0.2, 0.25) is 0 Å². The van der Waals surface area contributed by atoms with Gasteiger partial charge in [-0.15, -0.1) is 0 Å². The number of rotatable bonds is 6. The van der Waals surface area contributed by atoms with Crippen LogP contribution in [0, 0.1) is 13.8 Å². The van der Waals surface area contributed by atoms with Gasteiger partial charge >= 0.3 is 0 Å². The topological polar surface area (TPSA) is 76.1 Å². The Morgan fingerprint density at radius 3 is 2.29 bits per heavy atom. The highest BCUT2D eigenvalue weighted by molar-refractivity contribution is 6.46. The van der Waals surface area contributed by atoms with E-state index in [1.54, 1.807) is 13.2 Å². The third-order valence-corrected chi connectivity index (χ3v) is 6.07. The van der Waals surface area contributed by atoms with Crippen LogP contribution < -0.4 is 9.47 Å². The molecule has 0 aliphatic carbocycles. The predicted octanol–water partition coefficient (Wildman–Crippen LogP) is 4.94. The van der Waals surface area contributed by atoms with Crippen molar-refractivity contribution in [3.8, 4) is 11.5 Å². The predicted molar refractivity (Wildman–Crippen MR) is 130 cm³/mol. The Bertz CT molecular complexity index is 1280. The maximum Gasteiger partial charge on any atom is 0.295 e. The van der Waals surface area contributed by atoms with Crippen molar-refractivity contribution < 1.29 is 24.2 Å². The first-order valence-corrected chi connectivity index (χ1v) is 11.0. The summed E-state index contributed by atoms with van der Waals surface area (Å²) in [6.07, 6.45) is 0. The minimum Gasteiger partial charge on any atom is -0.507 e. The van der Waals surface area contributed by atoms with Crippen LogP contribution in [0.3, 0.4) is 0 Å². The van der Waals surface area contributed by atoms with E-state index in [4.69, 9.17) is 9.47 Å². The molecule has 0 saturated carbocycles. The smallest absolute Gasteiger partial charge is 0.295 e. The molecule has 1 atom stereocenters. The number of amides is 1. The van der Waals surface area contributed by atoms with Gasteiger partial charge in [-0.25, -0.2) is 0 Å². The molecule has 0 bridgehead atoms. The van der Waals surface area contributed by atoms with Crippen LogP contribution in [0.15, 0.2) is 72.3 Å². The lowest BCUT2D eigenvalue weighted by Gasteiger charge is -2.26. The minimum atomic E-state index is -0.767. The average Bonchev–Trinajstić information content (AvgIpc) is 3.09. The number of nitrogens with zero attached hydrogens (tertiary/aromatic N) is 1. The SMILES string of the molecule is COc1ccccc1CN1C(=O)C(=O)/C(=C(/O)c2cc(C)cc(C)c2OC)C1c1ccccc1. The van der Waals surface area contributed by atoms with Gasteiger partial charge in [0.25, 0.3) is 11.7 Å². The van der Waals surface area contributed by atoms with Crippen molar-refractivity contribution in [3.05, 3.63) is 100 Å². The van der Waals surface area contributed by atoms with Gasteiger partial charge in [0.15, 0.2) is 0 Å². The molecule has 34 heavy (non-hydrogen) atoms. The van der Waals surface area contributed by atoms with E-state index < -0.39 is 17.7 Å². The number of hydrogen-bond donors (Lipinski definition) is 1. The second kappa shape index (κ2) is 9.43. The number of aliphatic hydroxyl groups is 1. The van der Waals surface area contributed by atoms with Crippen LogP contribution in [-0.4, -0.2) is 35.9 Å². The number of benzene rings is 3. The average molecular weight is 458 g/mol. The molecule has 6 nitrogen and oxygen atoms in total. The van der Waals surface area contributed by atoms with Crippen LogP contribution >= 0.6 is 0 Å². The third kappa shape index (κ3) is 4.03. The lowest BCUT2D eigenvalue weighted by atomic mass is 9.93. The van der Waals surface area contributed by atoms with E-state index in [9.17, 15) is 14.7 Å². The van der Waals surface area contributed by atoms with E-state index in [2.05, 4.69) is 0 Å². The Labute approximate surface area is 199 Å². The van der Waals surface area contributed by atoms with Gasteiger partial charge in [0.05, 0.1) is 37.9 Å². The summed E-state index contributed by atoms with van der Waals surface area (Å²) in [5.74, 6) is -0.580. The van der Waals surface area contributed by atoms with Crippen molar-refractivity contribution >= 4 is 17.4 Å². The molecule has 1 aliphatic rings. The highest BCUT2D eigenvalue weighted by atomic mass is 16.5. The van der Waals surface area contributed by atoms with Crippen molar-refractivity contribution in [3.63, 3.8) is 0 Å². The molecule has 1 saturated heterocycles. The first-order chi connectivity index (χ1) is 16.4. The van der Waals surface area contributed by atoms with Crippen LogP contribution in [0.1, 0.15) is 33.9 Å². The maximum absolute atomic E-state index is 13.3. The van der Waals surface area contributed by atoms with Crippen LogP contribution in [-0.2, 0) is 16.1 Å². The van der Waals surface area contributed by atoms with Crippen LogP contribution in [0.25, 0.3) is 5.76 Å². The number of carbonyl (C=O) groups excluding carboxylic acids is 2. The summed E-state index contributed by atoms with van der Waals surface area (Å²) in [6.45, 7) is 3.92. The Morgan fingerprint density at radius 2 is 1.62 bits per heavy atom. The number of methoxy groups -OCH3 is 2. The van der Waals surface area contributed by atoms with Gasteiger partial charge in [-0.1, -0.05) is 54.6 Å². The number of aliphatic hydroxyl groups excluding tert-OH is 1. The van der Waals surface area contributed by atoms with E-state index in [0.717, 1.165) is 22.3 Å². The van der Waals surface area contributed by atoms with Crippen molar-refractivity contribution in [2.45, 2.75) is 26.4 Å². The Morgan fingerprint density at radius 1 is 0.941 bits per heavy atom. The number of carbonyl (C=O) groups is 2. The van der Waals surface area contributed by atoms with E-state index >= 15 is 0 Å². The summed E-state index contributed by atoms with van der Waals surface area (Å²) in [5, 5.41) is 11.5. The lowest BCUT2D eigenvalue weighted by Crippen LogP contribution is -2.29. The van der Waals surface area contributed by atoms with E-state index in [1.165, 1.54) is 12.0 Å². The highest BCUT2D eigenvalue weighted by Crippen LogP contribution is 2.42. The van der Waals surface area contributed by atoms with Crippen molar-refractivity contribution in [1.29, 1.82) is 0 Å². The maximum atomic E-state index is 13.3. The normalized spacial score (nSPS) is 17.2. The molecule has 1 N–H and O–H groups in total. The fraction of sp³-hybridized carbons (Fsp3) is 0.214. The van der Waals surface area contributed by atoms with E-state index in [-0.39, 0.29) is 17.9 Å². The van der Waals surface area contributed by atoms with Crippen molar-refractivity contribution in [2.75, 3.05) is 14.2 Å². The number of ketones is 1. The summed E-state index contributed by atoms with van der Waals surface area (Å²) >= 11 is 0.